The van der Waals surface area contributed by atoms with Gasteiger partial charge in [0.1, 0.15) is 23.8 Å². The topological polar surface area (TPSA) is 61.3 Å². The van der Waals surface area contributed by atoms with E-state index in [1.54, 1.807) is 0 Å². The second kappa shape index (κ2) is 6.38. The van der Waals surface area contributed by atoms with Crippen LogP contribution >= 0.6 is 0 Å². The molecule has 19 heavy (non-hydrogen) atoms. The predicted molar refractivity (Wildman–Crippen MR) is 74.0 cm³/mol. The third kappa shape index (κ3) is 4.10. The molecule has 0 saturated carbocycles. The van der Waals surface area contributed by atoms with E-state index in [1.807, 2.05) is 31.2 Å². The van der Waals surface area contributed by atoms with Gasteiger partial charge in [0, 0.05) is 12.1 Å². The molecular weight excluding hydrogens is 240 g/mol. The van der Waals surface area contributed by atoms with Gasteiger partial charge in [0.25, 0.3) is 0 Å². The molecule has 1 atom stereocenters. The van der Waals surface area contributed by atoms with E-state index in [9.17, 15) is 0 Å². The van der Waals surface area contributed by atoms with Gasteiger partial charge in [0.05, 0.1) is 0 Å². The summed E-state index contributed by atoms with van der Waals surface area (Å²) >= 11 is 0. The molecule has 1 unspecified atom stereocenters. The van der Waals surface area contributed by atoms with Crippen LogP contribution in [0.5, 0.6) is 5.75 Å². The highest BCUT2D eigenvalue weighted by molar-refractivity contribution is 5.29. The van der Waals surface area contributed by atoms with Crippen molar-refractivity contribution >= 4 is 0 Å². The van der Waals surface area contributed by atoms with Crippen molar-refractivity contribution in [2.45, 2.75) is 39.3 Å². The fourth-order valence-electron chi connectivity index (χ4n) is 1.85. The standard InChI is InChI=1S/C15H20N2O2/c1-3-13(16)8-12-5-4-6-15(9-12)18-10-14-7-11(2)19-17-14/h4-7,9,13H,3,8,10,16H2,1-2H3. The highest BCUT2D eigenvalue weighted by atomic mass is 16.5. The van der Waals surface area contributed by atoms with Crippen molar-refractivity contribution in [3.8, 4) is 5.75 Å². The van der Waals surface area contributed by atoms with Gasteiger partial charge in [0.15, 0.2) is 0 Å². The highest BCUT2D eigenvalue weighted by Crippen LogP contribution is 2.16. The molecule has 2 aromatic rings. The van der Waals surface area contributed by atoms with Crippen LogP contribution in [0.1, 0.15) is 30.4 Å². The summed E-state index contributed by atoms with van der Waals surface area (Å²) < 4.78 is 10.7. The van der Waals surface area contributed by atoms with Crippen molar-refractivity contribution in [3.05, 3.63) is 47.3 Å². The first kappa shape index (κ1) is 13.6. The van der Waals surface area contributed by atoms with E-state index in [2.05, 4.69) is 18.1 Å². The highest BCUT2D eigenvalue weighted by Gasteiger charge is 2.04. The van der Waals surface area contributed by atoms with E-state index in [1.165, 1.54) is 5.56 Å². The summed E-state index contributed by atoms with van der Waals surface area (Å²) in [5.74, 6) is 1.63. The molecule has 1 aromatic heterocycles. The van der Waals surface area contributed by atoms with E-state index in [-0.39, 0.29) is 6.04 Å². The fraction of sp³-hybridized carbons (Fsp3) is 0.400. The minimum Gasteiger partial charge on any atom is -0.487 e. The van der Waals surface area contributed by atoms with Crippen molar-refractivity contribution in [2.24, 2.45) is 5.73 Å². The summed E-state index contributed by atoms with van der Waals surface area (Å²) in [5, 5.41) is 3.89. The molecule has 2 rings (SSSR count). The molecule has 1 heterocycles. The first-order valence-electron chi connectivity index (χ1n) is 6.57. The minimum absolute atomic E-state index is 0.202. The summed E-state index contributed by atoms with van der Waals surface area (Å²) in [4.78, 5) is 0. The Morgan fingerprint density at radius 3 is 2.89 bits per heavy atom. The quantitative estimate of drug-likeness (QED) is 0.867. The van der Waals surface area contributed by atoms with Crippen molar-refractivity contribution < 1.29 is 9.26 Å². The van der Waals surface area contributed by atoms with E-state index in [0.717, 1.165) is 30.0 Å². The Morgan fingerprint density at radius 1 is 1.37 bits per heavy atom. The molecule has 0 aliphatic heterocycles. The summed E-state index contributed by atoms with van der Waals surface area (Å²) in [7, 11) is 0. The minimum atomic E-state index is 0.202. The number of nitrogens with two attached hydrogens (primary N) is 1. The Kier molecular flexibility index (Phi) is 4.58. The number of hydrogen-bond donors (Lipinski definition) is 1. The van der Waals surface area contributed by atoms with Crippen molar-refractivity contribution in [1.29, 1.82) is 0 Å². The van der Waals surface area contributed by atoms with Crippen molar-refractivity contribution in [3.63, 3.8) is 0 Å². The van der Waals surface area contributed by atoms with Gasteiger partial charge in [-0.2, -0.15) is 0 Å². The summed E-state index contributed by atoms with van der Waals surface area (Å²) in [5.41, 5.74) is 7.96. The van der Waals surface area contributed by atoms with Crippen LogP contribution in [0.3, 0.4) is 0 Å². The van der Waals surface area contributed by atoms with Crippen LogP contribution in [0.15, 0.2) is 34.9 Å². The van der Waals surface area contributed by atoms with E-state index in [0.29, 0.717) is 6.61 Å². The molecule has 4 heteroatoms. The van der Waals surface area contributed by atoms with Crippen molar-refractivity contribution in [1.82, 2.24) is 5.16 Å². The first-order valence-corrected chi connectivity index (χ1v) is 6.57. The van der Waals surface area contributed by atoms with Crippen molar-refractivity contribution in [2.75, 3.05) is 0 Å². The molecule has 1 aromatic carbocycles. The number of rotatable bonds is 6. The molecule has 4 nitrogen and oxygen atoms in total. The van der Waals surface area contributed by atoms with Gasteiger partial charge < -0.3 is 15.0 Å². The van der Waals surface area contributed by atoms with Crippen LogP contribution in [0.4, 0.5) is 0 Å². The maximum atomic E-state index is 5.96. The van der Waals surface area contributed by atoms with E-state index < -0.39 is 0 Å². The van der Waals surface area contributed by atoms with Gasteiger partial charge in [-0.15, -0.1) is 0 Å². The number of aryl methyl sites for hydroxylation is 1. The van der Waals surface area contributed by atoms with Crippen LogP contribution in [0, 0.1) is 6.92 Å². The molecular formula is C15H20N2O2. The number of benzene rings is 1. The molecule has 0 saturated heterocycles. The van der Waals surface area contributed by atoms with Crippen LogP contribution in [-0.4, -0.2) is 11.2 Å². The molecule has 0 aliphatic rings. The maximum absolute atomic E-state index is 5.96. The Balaban J connectivity index is 1.95. The normalized spacial score (nSPS) is 12.4. The zero-order valence-corrected chi connectivity index (χ0v) is 11.4. The Bertz CT molecular complexity index is 522. The third-order valence-corrected chi connectivity index (χ3v) is 2.98. The lowest BCUT2D eigenvalue weighted by molar-refractivity contribution is 0.287. The van der Waals surface area contributed by atoms with Crippen LogP contribution in [-0.2, 0) is 13.0 Å². The van der Waals surface area contributed by atoms with Crippen LogP contribution < -0.4 is 10.5 Å². The number of nitrogens with zero attached hydrogens (tertiary/aromatic N) is 1. The fourth-order valence-corrected chi connectivity index (χ4v) is 1.85. The smallest absolute Gasteiger partial charge is 0.134 e. The second-order valence-corrected chi connectivity index (χ2v) is 4.74. The monoisotopic (exact) mass is 260 g/mol. The average Bonchev–Trinajstić information content (AvgIpc) is 2.82. The average molecular weight is 260 g/mol. The number of aromatic nitrogens is 1. The Labute approximate surface area is 113 Å². The lowest BCUT2D eigenvalue weighted by Gasteiger charge is -2.10. The summed E-state index contributed by atoms with van der Waals surface area (Å²) in [6.45, 7) is 4.38. The van der Waals surface area contributed by atoms with E-state index >= 15 is 0 Å². The van der Waals surface area contributed by atoms with Gasteiger partial charge in [-0.05, 0) is 37.5 Å². The SMILES string of the molecule is CCC(N)Cc1cccc(OCc2cc(C)on2)c1. The molecule has 0 bridgehead atoms. The number of hydrogen-bond acceptors (Lipinski definition) is 4. The van der Waals surface area contributed by atoms with Gasteiger partial charge in [-0.3, -0.25) is 0 Å². The summed E-state index contributed by atoms with van der Waals surface area (Å²) in [6.07, 6.45) is 1.85. The molecule has 102 valence electrons. The number of ether oxygens (including phenoxy) is 1. The Morgan fingerprint density at radius 2 is 2.21 bits per heavy atom. The van der Waals surface area contributed by atoms with Gasteiger partial charge >= 0.3 is 0 Å². The zero-order valence-electron chi connectivity index (χ0n) is 11.4. The van der Waals surface area contributed by atoms with Gasteiger partial charge in [-0.1, -0.05) is 24.2 Å². The van der Waals surface area contributed by atoms with Gasteiger partial charge in [0.2, 0.25) is 0 Å². The zero-order chi connectivity index (χ0) is 13.7. The summed E-state index contributed by atoms with van der Waals surface area (Å²) in [6, 6.07) is 10.1. The van der Waals surface area contributed by atoms with Crippen LogP contribution in [0.25, 0.3) is 0 Å². The largest absolute Gasteiger partial charge is 0.487 e. The lowest BCUT2D eigenvalue weighted by Crippen LogP contribution is -2.21. The van der Waals surface area contributed by atoms with Gasteiger partial charge in [-0.25, -0.2) is 0 Å². The van der Waals surface area contributed by atoms with E-state index in [4.69, 9.17) is 15.0 Å². The first-order chi connectivity index (χ1) is 9.17. The second-order valence-electron chi connectivity index (χ2n) is 4.74. The lowest BCUT2D eigenvalue weighted by atomic mass is 10.0. The molecule has 0 aliphatic carbocycles. The molecule has 0 spiro atoms. The third-order valence-electron chi connectivity index (χ3n) is 2.98. The van der Waals surface area contributed by atoms with Crippen LogP contribution in [0.2, 0.25) is 0 Å². The molecule has 0 radical (unpaired) electrons. The molecule has 0 amide bonds. The molecule has 2 N–H and O–H groups in total. The molecule has 0 fully saturated rings. The Hall–Kier alpha value is -1.81. The maximum Gasteiger partial charge on any atom is 0.134 e. The predicted octanol–water partition coefficient (Wildman–Crippen LogP) is 2.84.